The van der Waals surface area contributed by atoms with Crippen molar-refractivity contribution in [2.75, 3.05) is 38.7 Å². The maximum absolute atomic E-state index is 13.0. The molecule has 1 aromatic rings. The molecule has 23 heavy (non-hydrogen) atoms. The molecule has 6 heteroatoms. The quantitative estimate of drug-likeness (QED) is 0.814. The van der Waals surface area contributed by atoms with E-state index in [-0.39, 0.29) is 17.9 Å². The van der Waals surface area contributed by atoms with Crippen molar-refractivity contribution in [2.45, 2.75) is 24.6 Å². The molecule has 3 saturated heterocycles. The number of carbonyl (C=O) groups excluding carboxylic acids is 2. The molecule has 2 atom stereocenters. The molecule has 122 valence electrons. The second-order valence-electron chi connectivity index (χ2n) is 6.65. The Hall–Kier alpha value is -2.08. The second-order valence-corrected chi connectivity index (χ2v) is 6.65. The highest BCUT2D eigenvalue weighted by atomic mass is 16.5. The van der Waals surface area contributed by atoms with Crippen molar-refractivity contribution in [3.8, 4) is 0 Å². The monoisotopic (exact) mass is 315 g/mol. The summed E-state index contributed by atoms with van der Waals surface area (Å²) in [6, 6.07) is 7.45. The molecule has 0 saturated carbocycles. The maximum atomic E-state index is 13.0. The summed E-state index contributed by atoms with van der Waals surface area (Å²) in [4.78, 5) is 30.8. The number of carbonyl (C=O) groups is 2. The van der Waals surface area contributed by atoms with Crippen molar-refractivity contribution in [3.63, 3.8) is 0 Å². The Morgan fingerprint density at radius 3 is 2.96 bits per heavy atom. The Labute approximate surface area is 135 Å². The van der Waals surface area contributed by atoms with E-state index in [4.69, 9.17) is 4.74 Å². The predicted molar refractivity (Wildman–Crippen MR) is 85.2 cm³/mol. The first kappa shape index (κ1) is 14.5. The summed E-state index contributed by atoms with van der Waals surface area (Å²) >= 11 is 0. The molecular weight excluding hydrogens is 294 g/mol. The number of hydrogen-bond acceptors (Lipinski definition) is 4. The van der Waals surface area contributed by atoms with Gasteiger partial charge in [0.25, 0.3) is 5.91 Å². The lowest BCUT2D eigenvalue weighted by Gasteiger charge is -2.31. The minimum atomic E-state index is -0.564. The van der Waals surface area contributed by atoms with Crippen LogP contribution in [0.5, 0.6) is 0 Å². The van der Waals surface area contributed by atoms with Crippen molar-refractivity contribution >= 4 is 17.5 Å². The number of likely N-dealkylation sites (tertiary alicyclic amines) is 1. The number of anilines is 1. The van der Waals surface area contributed by atoms with E-state index in [2.05, 4.69) is 0 Å². The van der Waals surface area contributed by atoms with Crippen LogP contribution in [0.2, 0.25) is 0 Å². The van der Waals surface area contributed by atoms with Gasteiger partial charge < -0.3 is 19.4 Å². The van der Waals surface area contributed by atoms with Gasteiger partial charge in [0.1, 0.15) is 0 Å². The van der Waals surface area contributed by atoms with Crippen molar-refractivity contribution < 1.29 is 14.3 Å². The third-order valence-corrected chi connectivity index (χ3v) is 5.27. The number of ether oxygens (including phenoxy) is 1. The number of hydrogen-bond donors (Lipinski definition) is 0. The van der Waals surface area contributed by atoms with Crippen molar-refractivity contribution in [1.82, 2.24) is 9.80 Å². The summed E-state index contributed by atoms with van der Waals surface area (Å²) in [6.45, 7) is 1.85. The molecule has 0 bridgehead atoms. The SMILES string of the molecule is CN(C)c1cccc(C(=O)N2CC[C@@]34OCCN3C(=O)C[C@@H]24)c1. The molecule has 2 amide bonds. The highest BCUT2D eigenvalue weighted by Crippen LogP contribution is 2.45. The maximum Gasteiger partial charge on any atom is 0.254 e. The highest BCUT2D eigenvalue weighted by molar-refractivity contribution is 5.96. The normalized spacial score (nSPS) is 29.0. The van der Waals surface area contributed by atoms with Crippen molar-refractivity contribution in [1.29, 1.82) is 0 Å². The van der Waals surface area contributed by atoms with E-state index in [1.165, 1.54) is 0 Å². The topological polar surface area (TPSA) is 53.1 Å². The molecule has 6 nitrogen and oxygen atoms in total. The van der Waals surface area contributed by atoms with Crippen LogP contribution in [-0.4, -0.2) is 67.2 Å². The van der Waals surface area contributed by atoms with E-state index in [1.807, 2.05) is 53.1 Å². The number of rotatable bonds is 2. The Kier molecular flexibility index (Phi) is 3.13. The predicted octanol–water partition coefficient (Wildman–Crippen LogP) is 0.926. The lowest BCUT2D eigenvalue weighted by molar-refractivity contribution is -0.136. The Morgan fingerprint density at radius 1 is 1.35 bits per heavy atom. The fourth-order valence-electron chi connectivity index (χ4n) is 4.12. The average molecular weight is 315 g/mol. The van der Waals surface area contributed by atoms with Gasteiger partial charge in [-0.1, -0.05) is 6.07 Å². The first-order chi connectivity index (χ1) is 11.0. The molecule has 0 aliphatic carbocycles. The Balaban J connectivity index is 1.63. The molecule has 0 unspecified atom stereocenters. The first-order valence-corrected chi connectivity index (χ1v) is 8.06. The minimum Gasteiger partial charge on any atom is -0.378 e. The van der Waals surface area contributed by atoms with E-state index < -0.39 is 5.72 Å². The van der Waals surface area contributed by atoms with Crippen LogP contribution < -0.4 is 4.90 Å². The van der Waals surface area contributed by atoms with Crippen LogP contribution in [0, 0.1) is 0 Å². The largest absolute Gasteiger partial charge is 0.378 e. The Bertz CT molecular complexity index is 675. The van der Waals surface area contributed by atoms with E-state index >= 15 is 0 Å². The third-order valence-electron chi connectivity index (χ3n) is 5.27. The molecule has 3 fully saturated rings. The van der Waals surface area contributed by atoms with Gasteiger partial charge in [0, 0.05) is 44.9 Å². The summed E-state index contributed by atoms with van der Waals surface area (Å²) in [7, 11) is 3.91. The van der Waals surface area contributed by atoms with Gasteiger partial charge in [-0.15, -0.1) is 0 Å². The molecule has 0 N–H and O–H groups in total. The summed E-state index contributed by atoms with van der Waals surface area (Å²) in [5, 5.41) is 0. The molecule has 4 rings (SSSR count). The van der Waals surface area contributed by atoms with Crippen LogP contribution in [0.1, 0.15) is 23.2 Å². The Morgan fingerprint density at radius 2 is 2.17 bits per heavy atom. The fourth-order valence-corrected chi connectivity index (χ4v) is 4.12. The zero-order valence-corrected chi connectivity index (χ0v) is 13.5. The molecule has 1 aromatic carbocycles. The van der Waals surface area contributed by atoms with Crippen molar-refractivity contribution in [2.24, 2.45) is 0 Å². The number of nitrogens with zero attached hydrogens (tertiary/aromatic N) is 3. The molecule has 1 spiro atoms. The van der Waals surface area contributed by atoms with E-state index in [0.717, 1.165) is 5.69 Å². The number of amides is 2. The summed E-state index contributed by atoms with van der Waals surface area (Å²) in [5.41, 5.74) is 1.09. The molecule has 3 aliphatic rings. The smallest absolute Gasteiger partial charge is 0.254 e. The zero-order chi connectivity index (χ0) is 16.2. The van der Waals surface area contributed by atoms with E-state index in [9.17, 15) is 9.59 Å². The lowest BCUT2D eigenvalue weighted by Crippen LogP contribution is -2.48. The van der Waals surface area contributed by atoms with Gasteiger partial charge in [-0.2, -0.15) is 0 Å². The second kappa shape index (κ2) is 4.96. The first-order valence-electron chi connectivity index (χ1n) is 8.06. The van der Waals surface area contributed by atoms with Gasteiger partial charge in [0.15, 0.2) is 5.72 Å². The molecular formula is C17H21N3O3. The van der Waals surface area contributed by atoms with Gasteiger partial charge >= 0.3 is 0 Å². The van der Waals surface area contributed by atoms with Gasteiger partial charge in [-0.05, 0) is 18.2 Å². The van der Waals surface area contributed by atoms with Crippen LogP contribution >= 0.6 is 0 Å². The number of benzene rings is 1. The van der Waals surface area contributed by atoms with Crippen LogP contribution in [0.25, 0.3) is 0 Å². The minimum absolute atomic E-state index is 0.0132. The van der Waals surface area contributed by atoms with E-state index in [0.29, 0.717) is 38.1 Å². The van der Waals surface area contributed by atoms with Crippen LogP contribution in [0.15, 0.2) is 24.3 Å². The molecule has 0 aromatic heterocycles. The highest BCUT2D eigenvalue weighted by Gasteiger charge is 2.62. The lowest BCUT2D eigenvalue weighted by atomic mass is 10.1. The van der Waals surface area contributed by atoms with Gasteiger partial charge in [-0.3, -0.25) is 9.59 Å². The van der Waals surface area contributed by atoms with Crippen LogP contribution in [0.4, 0.5) is 5.69 Å². The van der Waals surface area contributed by atoms with E-state index in [1.54, 1.807) is 0 Å². The summed E-state index contributed by atoms with van der Waals surface area (Å²) in [5.74, 6) is 0.0905. The van der Waals surface area contributed by atoms with Crippen molar-refractivity contribution in [3.05, 3.63) is 29.8 Å². The van der Waals surface area contributed by atoms with Gasteiger partial charge in [0.2, 0.25) is 5.91 Å². The van der Waals surface area contributed by atoms with Gasteiger partial charge in [-0.25, -0.2) is 0 Å². The third kappa shape index (κ3) is 1.97. The summed E-state index contributed by atoms with van der Waals surface area (Å²) < 4.78 is 5.94. The van der Waals surface area contributed by atoms with Crippen LogP contribution in [-0.2, 0) is 9.53 Å². The standard InChI is InChI=1S/C17H21N3O3/c1-18(2)13-5-3-4-12(10-13)16(22)19-7-6-17-14(19)11-15(21)20(17)8-9-23-17/h3-5,10,14H,6-9,11H2,1-2H3/t14-,17+/m1/s1. The summed E-state index contributed by atoms with van der Waals surface area (Å²) in [6.07, 6.45) is 1.08. The van der Waals surface area contributed by atoms with Crippen LogP contribution in [0.3, 0.4) is 0 Å². The van der Waals surface area contributed by atoms with Gasteiger partial charge in [0.05, 0.1) is 19.1 Å². The molecule has 3 aliphatic heterocycles. The molecule has 3 heterocycles. The fraction of sp³-hybridized carbons (Fsp3) is 0.529. The molecule has 0 radical (unpaired) electrons. The average Bonchev–Trinajstić information content (AvgIpc) is 3.18. The zero-order valence-electron chi connectivity index (χ0n) is 13.5.